The van der Waals surface area contributed by atoms with Crippen molar-refractivity contribution in [3.63, 3.8) is 0 Å². The van der Waals surface area contributed by atoms with Gasteiger partial charge in [0.15, 0.2) is 5.69 Å². The van der Waals surface area contributed by atoms with E-state index in [1.807, 2.05) is 6.92 Å². The molecule has 1 aromatic carbocycles. The van der Waals surface area contributed by atoms with Crippen LogP contribution in [0.25, 0.3) is 5.69 Å². The molecule has 1 atom stereocenters. The van der Waals surface area contributed by atoms with Crippen molar-refractivity contribution in [2.24, 2.45) is 5.92 Å². The highest BCUT2D eigenvalue weighted by molar-refractivity contribution is 5.95. The number of aryl methyl sites for hydroxylation is 1. The van der Waals surface area contributed by atoms with Gasteiger partial charge in [0.25, 0.3) is 5.91 Å². The number of carbonyl (C=O) groups excluding carboxylic acids is 1. The second-order valence-electron chi connectivity index (χ2n) is 5.65. The molecule has 1 heterocycles. The van der Waals surface area contributed by atoms with Gasteiger partial charge in [0.05, 0.1) is 17.4 Å². The summed E-state index contributed by atoms with van der Waals surface area (Å²) in [5, 5.41) is 15.1. The summed E-state index contributed by atoms with van der Waals surface area (Å²) in [5.74, 6) is -1.13. The molecule has 1 unspecified atom stereocenters. The lowest BCUT2D eigenvalue weighted by atomic mass is 10.1. The SMILES string of the molecule is Cc1ccc(-n2ncc(C(=O)NCC(C)CO)c2C(F)(F)F)cc1. The standard InChI is InChI=1S/C16H18F3N3O2/c1-10-3-5-12(6-4-10)22-14(16(17,18)19)13(8-21-22)15(24)20-7-11(2)9-23/h3-6,8,11,23H,7,9H2,1-2H3,(H,20,24). The van der Waals surface area contributed by atoms with Gasteiger partial charge in [-0.25, -0.2) is 4.68 Å². The van der Waals surface area contributed by atoms with E-state index in [0.717, 1.165) is 11.8 Å². The number of benzene rings is 1. The Labute approximate surface area is 137 Å². The lowest BCUT2D eigenvalue weighted by Gasteiger charge is -2.14. The number of aliphatic hydroxyl groups is 1. The Morgan fingerprint density at radius 1 is 1.33 bits per heavy atom. The summed E-state index contributed by atoms with van der Waals surface area (Å²) in [6, 6.07) is 6.35. The summed E-state index contributed by atoms with van der Waals surface area (Å²) >= 11 is 0. The Balaban J connectivity index is 2.39. The van der Waals surface area contributed by atoms with E-state index in [4.69, 9.17) is 5.11 Å². The van der Waals surface area contributed by atoms with Crippen LogP contribution in [-0.4, -0.2) is 33.9 Å². The molecule has 8 heteroatoms. The van der Waals surface area contributed by atoms with Crippen molar-refractivity contribution in [3.05, 3.63) is 47.3 Å². The molecule has 0 fully saturated rings. The number of amides is 1. The minimum absolute atomic E-state index is 0.0718. The average Bonchev–Trinajstić information content (AvgIpc) is 2.98. The third-order valence-corrected chi connectivity index (χ3v) is 3.48. The largest absolute Gasteiger partial charge is 0.434 e. The second kappa shape index (κ2) is 7.04. The first-order valence-electron chi connectivity index (χ1n) is 7.35. The lowest BCUT2D eigenvalue weighted by molar-refractivity contribution is -0.143. The molecule has 1 amide bonds. The van der Waals surface area contributed by atoms with Gasteiger partial charge in [-0.1, -0.05) is 24.6 Å². The van der Waals surface area contributed by atoms with Crippen LogP contribution in [0.4, 0.5) is 13.2 Å². The predicted molar refractivity (Wildman–Crippen MR) is 81.9 cm³/mol. The van der Waals surface area contributed by atoms with Crippen LogP contribution in [0.5, 0.6) is 0 Å². The van der Waals surface area contributed by atoms with E-state index < -0.39 is 23.3 Å². The van der Waals surface area contributed by atoms with Crippen LogP contribution in [0.15, 0.2) is 30.5 Å². The van der Waals surface area contributed by atoms with Crippen LogP contribution >= 0.6 is 0 Å². The molecule has 0 aliphatic rings. The molecular weight excluding hydrogens is 323 g/mol. The van der Waals surface area contributed by atoms with Crippen molar-refractivity contribution in [2.45, 2.75) is 20.0 Å². The van der Waals surface area contributed by atoms with E-state index >= 15 is 0 Å². The van der Waals surface area contributed by atoms with Gasteiger partial charge in [0.2, 0.25) is 0 Å². The summed E-state index contributed by atoms with van der Waals surface area (Å²) in [6.45, 7) is 3.39. The summed E-state index contributed by atoms with van der Waals surface area (Å²) in [7, 11) is 0. The fourth-order valence-corrected chi connectivity index (χ4v) is 2.10. The number of nitrogens with zero attached hydrogens (tertiary/aromatic N) is 2. The van der Waals surface area contributed by atoms with Crippen LogP contribution in [0.1, 0.15) is 28.5 Å². The molecule has 24 heavy (non-hydrogen) atoms. The zero-order chi connectivity index (χ0) is 17.9. The highest BCUT2D eigenvalue weighted by Crippen LogP contribution is 2.33. The number of halogens is 3. The maximum Gasteiger partial charge on any atom is 0.434 e. The Morgan fingerprint density at radius 3 is 2.50 bits per heavy atom. The number of alkyl halides is 3. The van der Waals surface area contributed by atoms with Gasteiger partial charge >= 0.3 is 6.18 Å². The number of hydrogen-bond donors (Lipinski definition) is 2. The van der Waals surface area contributed by atoms with Gasteiger partial charge in [-0.05, 0) is 25.0 Å². The van der Waals surface area contributed by atoms with E-state index in [9.17, 15) is 18.0 Å². The lowest BCUT2D eigenvalue weighted by Crippen LogP contribution is -2.31. The van der Waals surface area contributed by atoms with Gasteiger partial charge in [0, 0.05) is 13.2 Å². The normalized spacial score (nSPS) is 12.9. The third kappa shape index (κ3) is 3.94. The zero-order valence-corrected chi connectivity index (χ0v) is 13.3. The summed E-state index contributed by atoms with van der Waals surface area (Å²) in [6.07, 6.45) is -3.84. The summed E-state index contributed by atoms with van der Waals surface area (Å²) in [4.78, 5) is 12.1. The van der Waals surface area contributed by atoms with Crippen LogP contribution in [0.2, 0.25) is 0 Å². The van der Waals surface area contributed by atoms with E-state index in [1.54, 1.807) is 19.1 Å². The molecule has 130 valence electrons. The van der Waals surface area contributed by atoms with Gasteiger partial charge < -0.3 is 10.4 Å². The van der Waals surface area contributed by atoms with Gasteiger partial charge in [0.1, 0.15) is 0 Å². The molecule has 0 spiro atoms. The monoisotopic (exact) mass is 341 g/mol. The van der Waals surface area contributed by atoms with Gasteiger partial charge in [-0.3, -0.25) is 4.79 Å². The first-order valence-corrected chi connectivity index (χ1v) is 7.35. The van der Waals surface area contributed by atoms with Crippen molar-refractivity contribution in [1.82, 2.24) is 15.1 Å². The smallest absolute Gasteiger partial charge is 0.396 e. The van der Waals surface area contributed by atoms with E-state index in [0.29, 0.717) is 4.68 Å². The maximum atomic E-state index is 13.5. The van der Waals surface area contributed by atoms with Crippen LogP contribution in [0, 0.1) is 12.8 Å². The Kier molecular flexibility index (Phi) is 5.28. The summed E-state index contributed by atoms with van der Waals surface area (Å²) in [5.41, 5.74) is -0.556. The van der Waals surface area contributed by atoms with Crippen molar-refractivity contribution < 1.29 is 23.1 Å². The first kappa shape index (κ1) is 18.0. The molecule has 0 saturated heterocycles. The fraction of sp³-hybridized carbons (Fsp3) is 0.375. The summed E-state index contributed by atoms with van der Waals surface area (Å²) < 4.78 is 41.1. The fourth-order valence-electron chi connectivity index (χ4n) is 2.10. The topological polar surface area (TPSA) is 67.2 Å². The number of rotatable bonds is 5. The van der Waals surface area contributed by atoms with Crippen LogP contribution < -0.4 is 5.32 Å². The van der Waals surface area contributed by atoms with E-state index in [1.165, 1.54) is 12.1 Å². The molecular formula is C16H18F3N3O2. The molecule has 0 aliphatic heterocycles. The molecule has 0 radical (unpaired) electrons. The van der Waals surface area contributed by atoms with Crippen LogP contribution in [-0.2, 0) is 6.18 Å². The van der Waals surface area contributed by atoms with Crippen molar-refractivity contribution in [3.8, 4) is 5.69 Å². The molecule has 1 aromatic heterocycles. The van der Waals surface area contributed by atoms with Gasteiger partial charge in [-0.15, -0.1) is 0 Å². The molecule has 2 N–H and O–H groups in total. The number of hydrogen-bond acceptors (Lipinski definition) is 3. The molecule has 0 aliphatic carbocycles. The average molecular weight is 341 g/mol. The first-order chi connectivity index (χ1) is 11.2. The third-order valence-electron chi connectivity index (χ3n) is 3.48. The van der Waals surface area contributed by atoms with Crippen LogP contribution in [0.3, 0.4) is 0 Å². The minimum atomic E-state index is -4.74. The predicted octanol–water partition coefficient (Wildman–Crippen LogP) is 2.56. The minimum Gasteiger partial charge on any atom is -0.396 e. The highest BCUT2D eigenvalue weighted by atomic mass is 19.4. The molecule has 2 rings (SSSR count). The quantitative estimate of drug-likeness (QED) is 0.878. The van der Waals surface area contributed by atoms with E-state index in [2.05, 4.69) is 10.4 Å². The Bertz CT molecular complexity index is 708. The molecule has 0 bridgehead atoms. The Morgan fingerprint density at radius 2 is 1.96 bits per heavy atom. The van der Waals surface area contributed by atoms with Crippen molar-refractivity contribution in [2.75, 3.05) is 13.2 Å². The molecule has 5 nitrogen and oxygen atoms in total. The second-order valence-corrected chi connectivity index (χ2v) is 5.65. The zero-order valence-electron chi connectivity index (χ0n) is 13.3. The van der Waals surface area contributed by atoms with Crippen molar-refractivity contribution in [1.29, 1.82) is 0 Å². The maximum absolute atomic E-state index is 13.5. The number of aromatic nitrogens is 2. The highest BCUT2D eigenvalue weighted by Gasteiger charge is 2.40. The number of aliphatic hydroxyl groups excluding tert-OH is 1. The molecule has 2 aromatic rings. The number of nitrogens with one attached hydrogen (secondary N) is 1. The van der Waals surface area contributed by atoms with Crippen molar-refractivity contribution >= 4 is 5.91 Å². The number of carbonyl (C=O) groups is 1. The van der Waals surface area contributed by atoms with E-state index in [-0.39, 0.29) is 24.8 Å². The van der Waals surface area contributed by atoms with Gasteiger partial charge in [-0.2, -0.15) is 18.3 Å². The molecule has 0 saturated carbocycles. The Hall–Kier alpha value is -2.35.